The van der Waals surface area contributed by atoms with Crippen molar-refractivity contribution < 1.29 is 14.6 Å². The highest BCUT2D eigenvalue weighted by atomic mass is 16.5. The van der Waals surface area contributed by atoms with E-state index in [1.807, 2.05) is 13.8 Å². The fraction of sp³-hybridized carbons (Fsp3) is 0.870. The molecule has 3 fully saturated rings. The molecule has 1 aliphatic heterocycles. The number of rotatable bonds is 4. The van der Waals surface area contributed by atoms with Crippen LogP contribution in [0.5, 0.6) is 0 Å². The van der Waals surface area contributed by atoms with Gasteiger partial charge in [0, 0.05) is 25.3 Å². The first-order valence-electron chi connectivity index (χ1n) is 10.8. The van der Waals surface area contributed by atoms with Crippen molar-refractivity contribution >= 4 is 6.41 Å². The molecule has 0 spiro atoms. The summed E-state index contributed by atoms with van der Waals surface area (Å²) < 4.78 is 6.59. The minimum Gasteiger partial charge on any atom is -0.382 e. The van der Waals surface area contributed by atoms with Crippen LogP contribution in [0, 0.1) is 30.9 Å². The molecule has 29 heavy (non-hydrogen) atoms. The molecule has 3 rings (SSSR count). The maximum absolute atomic E-state index is 11.3. The summed E-state index contributed by atoms with van der Waals surface area (Å²) in [5.41, 5.74) is -2.40. The summed E-state index contributed by atoms with van der Waals surface area (Å²) in [6.07, 6.45) is 5.36. The molecule has 2 aliphatic carbocycles. The number of hydrogen-bond donors (Lipinski definition) is 2. The molecule has 160 valence electrons. The summed E-state index contributed by atoms with van der Waals surface area (Å²) in [5, 5.41) is 14.1. The zero-order chi connectivity index (χ0) is 21.7. The minimum atomic E-state index is -1.04. The van der Waals surface area contributed by atoms with Gasteiger partial charge in [0.2, 0.25) is 6.41 Å². The molecule has 3 aliphatic rings. The second-order valence-corrected chi connectivity index (χ2v) is 10.7. The van der Waals surface area contributed by atoms with Crippen LogP contribution in [0.3, 0.4) is 0 Å². The van der Waals surface area contributed by atoms with Crippen molar-refractivity contribution in [3.05, 3.63) is 22.8 Å². The molecule has 2 saturated carbocycles. The van der Waals surface area contributed by atoms with Crippen LogP contribution in [0.15, 0.2) is 0 Å². The maximum atomic E-state index is 11.3. The fourth-order valence-electron chi connectivity index (χ4n) is 6.45. The molecule has 2 N–H and O–H groups in total. The van der Waals surface area contributed by atoms with E-state index < -0.39 is 22.8 Å². The van der Waals surface area contributed by atoms with Crippen LogP contribution in [0.4, 0.5) is 0 Å². The first-order chi connectivity index (χ1) is 13.4. The Kier molecular flexibility index (Phi) is 5.52. The van der Waals surface area contributed by atoms with Crippen molar-refractivity contribution in [2.45, 2.75) is 108 Å². The number of aliphatic hydroxyl groups is 1. The highest BCUT2D eigenvalue weighted by Crippen LogP contribution is 2.57. The number of carbonyl (C=O) groups is 1. The normalized spacial score (nSPS) is 47.5. The van der Waals surface area contributed by atoms with E-state index in [-0.39, 0.29) is 29.4 Å². The standard InChI is InChI=1S/C23H35N3O3/c1-20(2,25-7)17-10-13-23(5,29-17)16-8-11-21(3,26-14-27)15-9-12-22(4,28)19(24-6)18(15)16/h14-19,28H,8-13H2,1-5H3,(H,26,27)/t15-,16-,17-,18-,19+,21-,22+,23+/m0/s1. The largest absolute Gasteiger partial charge is 0.382 e. The highest BCUT2D eigenvalue weighted by Gasteiger charge is 2.64. The van der Waals surface area contributed by atoms with Gasteiger partial charge in [0.15, 0.2) is 0 Å². The molecule has 1 saturated heterocycles. The van der Waals surface area contributed by atoms with Gasteiger partial charge in [-0.3, -0.25) is 4.79 Å². The second kappa shape index (κ2) is 7.25. The van der Waals surface area contributed by atoms with Crippen LogP contribution < -0.4 is 5.32 Å². The van der Waals surface area contributed by atoms with Crippen LogP contribution >= 0.6 is 0 Å². The number of nitrogens with one attached hydrogen (secondary N) is 1. The molecule has 0 aromatic carbocycles. The van der Waals surface area contributed by atoms with Gasteiger partial charge in [-0.2, -0.15) is 0 Å². The van der Waals surface area contributed by atoms with Gasteiger partial charge in [-0.15, -0.1) is 0 Å². The molecule has 8 atom stereocenters. The predicted molar refractivity (Wildman–Crippen MR) is 111 cm³/mol. The van der Waals surface area contributed by atoms with Gasteiger partial charge in [0.05, 0.1) is 5.60 Å². The Morgan fingerprint density at radius 3 is 2.34 bits per heavy atom. The van der Waals surface area contributed by atoms with E-state index >= 15 is 0 Å². The summed E-state index contributed by atoms with van der Waals surface area (Å²) in [6, 6.07) is -0.521. The van der Waals surface area contributed by atoms with Gasteiger partial charge in [-0.1, -0.05) is 0 Å². The zero-order valence-corrected chi connectivity index (χ0v) is 18.4. The van der Waals surface area contributed by atoms with Crippen LogP contribution in [-0.2, 0) is 9.53 Å². The lowest BCUT2D eigenvalue weighted by Gasteiger charge is -2.56. The Hall–Kier alpha value is -1.63. The van der Waals surface area contributed by atoms with E-state index in [4.69, 9.17) is 17.9 Å². The molecule has 0 unspecified atom stereocenters. The molecule has 6 heteroatoms. The van der Waals surface area contributed by atoms with Crippen molar-refractivity contribution in [1.29, 1.82) is 0 Å². The Labute approximate surface area is 175 Å². The number of hydrogen-bond acceptors (Lipinski definition) is 3. The van der Waals surface area contributed by atoms with Crippen molar-refractivity contribution in [2.75, 3.05) is 0 Å². The van der Waals surface area contributed by atoms with E-state index in [2.05, 4.69) is 28.9 Å². The number of ether oxygens (including phenoxy) is 1. The van der Waals surface area contributed by atoms with Gasteiger partial charge in [-0.25, -0.2) is 13.1 Å². The third-order valence-corrected chi connectivity index (χ3v) is 8.39. The lowest BCUT2D eigenvalue weighted by molar-refractivity contribution is -0.155. The Morgan fingerprint density at radius 1 is 1.10 bits per heavy atom. The lowest BCUT2D eigenvalue weighted by Crippen LogP contribution is -2.65. The van der Waals surface area contributed by atoms with Crippen LogP contribution in [0.2, 0.25) is 0 Å². The van der Waals surface area contributed by atoms with Crippen molar-refractivity contribution in [1.82, 2.24) is 5.32 Å². The van der Waals surface area contributed by atoms with Gasteiger partial charge in [0.1, 0.15) is 11.7 Å². The summed E-state index contributed by atoms with van der Waals surface area (Å²) in [5.74, 6) is 0.188. The molecule has 0 bridgehead atoms. The highest BCUT2D eigenvalue weighted by molar-refractivity contribution is 5.48. The SMILES string of the molecule is [C-]#[N+][C@@H]1[C@@H]2[C@@H]([C@@]3(C)CC[C@@H](C(C)(C)[N+]#[C-])O3)CC[C@](C)(NC=O)[C@H]2CC[C@@]1(C)O. The molecule has 0 aromatic heterocycles. The fourth-order valence-corrected chi connectivity index (χ4v) is 6.45. The number of amides is 1. The maximum Gasteiger partial charge on any atom is 0.255 e. The van der Waals surface area contributed by atoms with Gasteiger partial charge in [-0.05, 0) is 71.1 Å². The van der Waals surface area contributed by atoms with Crippen LogP contribution in [0.25, 0.3) is 9.69 Å². The number of carbonyl (C=O) groups excluding carboxylic acids is 1. The van der Waals surface area contributed by atoms with Crippen molar-refractivity contribution in [3.8, 4) is 0 Å². The van der Waals surface area contributed by atoms with Crippen molar-refractivity contribution in [3.63, 3.8) is 0 Å². The van der Waals surface area contributed by atoms with E-state index in [1.165, 1.54) is 0 Å². The molecule has 6 nitrogen and oxygen atoms in total. The number of nitrogens with zero attached hydrogens (tertiary/aromatic N) is 2. The first-order valence-corrected chi connectivity index (χ1v) is 10.8. The summed E-state index contributed by atoms with van der Waals surface area (Å²) in [7, 11) is 0. The smallest absolute Gasteiger partial charge is 0.255 e. The van der Waals surface area contributed by atoms with Gasteiger partial charge in [0.25, 0.3) is 11.6 Å². The van der Waals surface area contributed by atoms with E-state index in [0.29, 0.717) is 6.42 Å². The molecular weight excluding hydrogens is 366 g/mol. The van der Waals surface area contributed by atoms with Crippen LogP contribution in [-0.4, -0.2) is 45.9 Å². The van der Waals surface area contributed by atoms with Crippen LogP contribution in [0.1, 0.15) is 73.1 Å². The summed E-state index contributed by atoms with van der Waals surface area (Å²) in [6.45, 7) is 25.3. The Bertz CT molecular complexity index is 737. The molecule has 1 amide bonds. The average Bonchev–Trinajstić information content (AvgIpc) is 3.05. The second-order valence-electron chi connectivity index (χ2n) is 10.7. The van der Waals surface area contributed by atoms with Crippen molar-refractivity contribution in [2.24, 2.45) is 17.8 Å². The monoisotopic (exact) mass is 401 g/mol. The average molecular weight is 402 g/mol. The van der Waals surface area contributed by atoms with Gasteiger partial charge < -0.3 is 24.9 Å². The summed E-state index contributed by atoms with van der Waals surface area (Å²) >= 11 is 0. The molecule has 0 radical (unpaired) electrons. The molecule has 0 aromatic rings. The predicted octanol–water partition coefficient (Wildman–Crippen LogP) is 3.60. The lowest BCUT2D eigenvalue weighted by atomic mass is 9.51. The number of fused-ring (bicyclic) bond motifs is 1. The Balaban J connectivity index is 1.98. The molecular formula is C23H35N3O3. The third kappa shape index (κ3) is 3.56. The topological polar surface area (TPSA) is 67.3 Å². The zero-order valence-electron chi connectivity index (χ0n) is 18.4. The quantitative estimate of drug-likeness (QED) is 0.559. The third-order valence-electron chi connectivity index (χ3n) is 8.39. The van der Waals surface area contributed by atoms with E-state index in [1.54, 1.807) is 6.92 Å². The Morgan fingerprint density at radius 2 is 1.76 bits per heavy atom. The van der Waals surface area contributed by atoms with E-state index in [9.17, 15) is 9.90 Å². The molecule has 1 heterocycles. The first kappa shape index (κ1) is 22.1. The minimum absolute atomic E-state index is 0.0535. The summed E-state index contributed by atoms with van der Waals surface area (Å²) in [4.78, 5) is 19.1. The van der Waals surface area contributed by atoms with Gasteiger partial charge >= 0.3 is 0 Å². The van der Waals surface area contributed by atoms with E-state index in [0.717, 1.165) is 38.5 Å².